The van der Waals surface area contributed by atoms with Crippen LogP contribution in [0.25, 0.3) is 0 Å². The molecule has 60 valence electrons. The van der Waals surface area contributed by atoms with E-state index in [2.05, 4.69) is 0 Å². The fourth-order valence-electron chi connectivity index (χ4n) is 2.21. The van der Waals surface area contributed by atoms with E-state index in [9.17, 15) is 9.59 Å². The smallest absolute Gasteiger partial charge is 0.232 e. The Hall–Kier alpha value is -0.860. The molecule has 1 aliphatic carbocycles. The minimum Gasteiger partial charge on any atom is -0.279 e. The second-order valence-electron chi connectivity index (χ2n) is 3.39. The van der Waals surface area contributed by atoms with Gasteiger partial charge < -0.3 is 0 Å². The van der Waals surface area contributed by atoms with E-state index in [0.29, 0.717) is 0 Å². The molecule has 2 fully saturated rings. The molecule has 0 aromatic carbocycles. The van der Waals surface area contributed by atoms with E-state index in [4.69, 9.17) is 0 Å². The topological polar surface area (TPSA) is 37.4 Å². The Balaban J connectivity index is 2.24. The minimum absolute atomic E-state index is 0.0637. The molecule has 2 aliphatic rings. The van der Waals surface area contributed by atoms with Crippen molar-refractivity contribution in [3.8, 4) is 0 Å². The van der Waals surface area contributed by atoms with E-state index in [-0.39, 0.29) is 23.8 Å². The standard InChI is InChI=1S/C8H11NO2/c1-5(10)9-7-3-2-6(4-7)8(9)11/h6-7H,2-4H2,1H3/t6-,7+/m1/s1. The highest BCUT2D eigenvalue weighted by molar-refractivity contribution is 5.98. The van der Waals surface area contributed by atoms with Crippen LogP contribution < -0.4 is 0 Å². The number of amides is 2. The van der Waals surface area contributed by atoms with Gasteiger partial charge in [-0.3, -0.25) is 14.5 Å². The lowest BCUT2D eigenvalue weighted by molar-refractivity contribution is -0.145. The lowest BCUT2D eigenvalue weighted by atomic mass is 10.1. The summed E-state index contributed by atoms with van der Waals surface area (Å²) in [6, 6.07) is 0.241. The summed E-state index contributed by atoms with van der Waals surface area (Å²) in [7, 11) is 0. The zero-order chi connectivity index (χ0) is 8.01. The minimum atomic E-state index is -0.0813. The molecule has 0 radical (unpaired) electrons. The number of rotatable bonds is 0. The Morgan fingerprint density at radius 2 is 2.27 bits per heavy atom. The first kappa shape index (κ1) is 6.83. The van der Waals surface area contributed by atoms with Crippen LogP contribution in [0.15, 0.2) is 0 Å². The number of imide groups is 1. The Bertz CT molecular complexity index is 224. The second-order valence-corrected chi connectivity index (χ2v) is 3.39. The van der Waals surface area contributed by atoms with Crippen molar-refractivity contribution in [1.82, 2.24) is 4.90 Å². The van der Waals surface area contributed by atoms with Crippen LogP contribution in [-0.2, 0) is 9.59 Å². The molecule has 3 nitrogen and oxygen atoms in total. The first-order valence-corrected chi connectivity index (χ1v) is 4.04. The van der Waals surface area contributed by atoms with E-state index in [1.807, 2.05) is 0 Å². The van der Waals surface area contributed by atoms with Crippen LogP contribution in [0, 0.1) is 5.92 Å². The molecule has 1 saturated heterocycles. The van der Waals surface area contributed by atoms with Gasteiger partial charge in [-0.1, -0.05) is 0 Å². The van der Waals surface area contributed by atoms with Crippen LogP contribution in [0.3, 0.4) is 0 Å². The molecule has 0 spiro atoms. The van der Waals surface area contributed by atoms with Crippen molar-refractivity contribution in [2.24, 2.45) is 5.92 Å². The first-order chi connectivity index (χ1) is 5.20. The molecule has 2 amide bonds. The molecule has 2 rings (SSSR count). The molecule has 11 heavy (non-hydrogen) atoms. The maximum absolute atomic E-state index is 11.3. The van der Waals surface area contributed by atoms with Gasteiger partial charge in [0.15, 0.2) is 0 Å². The fourth-order valence-corrected chi connectivity index (χ4v) is 2.21. The predicted molar refractivity (Wildman–Crippen MR) is 38.7 cm³/mol. The number of likely N-dealkylation sites (tertiary alicyclic amines) is 1. The third kappa shape index (κ3) is 0.800. The number of piperidine rings is 1. The van der Waals surface area contributed by atoms with E-state index < -0.39 is 0 Å². The van der Waals surface area contributed by atoms with Crippen molar-refractivity contribution in [2.75, 3.05) is 0 Å². The first-order valence-electron chi connectivity index (χ1n) is 4.04. The molecular weight excluding hydrogens is 142 g/mol. The molecular formula is C8H11NO2. The fraction of sp³-hybridized carbons (Fsp3) is 0.750. The van der Waals surface area contributed by atoms with Gasteiger partial charge in [0.1, 0.15) is 0 Å². The molecule has 1 heterocycles. The van der Waals surface area contributed by atoms with E-state index >= 15 is 0 Å². The van der Waals surface area contributed by atoms with Crippen LogP contribution in [0.2, 0.25) is 0 Å². The third-order valence-corrected chi connectivity index (χ3v) is 2.70. The number of fused-ring (bicyclic) bond motifs is 2. The summed E-state index contributed by atoms with van der Waals surface area (Å²) in [6.45, 7) is 1.47. The zero-order valence-corrected chi connectivity index (χ0v) is 6.54. The van der Waals surface area contributed by atoms with Gasteiger partial charge in [-0.25, -0.2) is 0 Å². The lowest BCUT2D eigenvalue weighted by Gasteiger charge is -2.23. The third-order valence-electron chi connectivity index (χ3n) is 2.70. The Kier molecular flexibility index (Phi) is 1.28. The number of nitrogens with zero attached hydrogens (tertiary/aromatic N) is 1. The van der Waals surface area contributed by atoms with Gasteiger partial charge in [-0.2, -0.15) is 0 Å². The van der Waals surface area contributed by atoms with Crippen molar-refractivity contribution in [3.05, 3.63) is 0 Å². The molecule has 0 aromatic heterocycles. The highest BCUT2D eigenvalue weighted by atomic mass is 16.2. The van der Waals surface area contributed by atoms with Crippen molar-refractivity contribution in [2.45, 2.75) is 32.2 Å². The highest BCUT2D eigenvalue weighted by Crippen LogP contribution is 2.38. The van der Waals surface area contributed by atoms with Crippen LogP contribution >= 0.6 is 0 Å². The Morgan fingerprint density at radius 3 is 2.64 bits per heavy atom. The normalized spacial score (nSPS) is 35.0. The lowest BCUT2D eigenvalue weighted by Crippen LogP contribution is -2.40. The quantitative estimate of drug-likeness (QED) is 0.509. The van der Waals surface area contributed by atoms with Crippen molar-refractivity contribution < 1.29 is 9.59 Å². The van der Waals surface area contributed by atoms with Crippen LogP contribution in [0.4, 0.5) is 0 Å². The van der Waals surface area contributed by atoms with Gasteiger partial charge >= 0.3 is 0 Å². The summed E-state index contributed by atoms with van der Waals surface area (Å²) < 4.78 is 0. The monoisotopic (exact) mass is 153 g/mol. The molecule has 0 unspecified atom stereocenters. The average molecular weight is 153 g/mol. The van der Waals surface area contributed by atoms with Gasteiger partial charge in [0.05, 0.1) is 0 Å². The molecule has 0 aromatic rings. The van der Waals surface area contributed by atoms with E-state index in [0.717, 1.165) is 19.3 Å². The van der Waals surface area contributed by atoms with Gasteiger partial charge in [-0.15, -0.1) is 0 Å². The Morgan fingerprint density at radius 1 is 1.55 bits per heavy atom. The average Bonchev–Trinajstić information content (AvgIpc) is 2.44. The van der Waals surface area contributed by atoms with Gasteiger partial charge in [0.2, 0.25) is 11.8 Å². The highest BCUT2D eigenvalue weighted by Gasteiger charge is 2.46. The van der Waals surface area contributed by atoms with E-state index in [1.165, 1.54) is 11.8 Å². The summed E-state index contributed by atoms with van der Waals surface area (Å²) in [5.74, 6) is 0.153. The molecule has 2 bridgehead atoms. The molecule has 1 aliphatic heterocycles. The van der Waals surface area contributed by atoms with Gasteiger partial charge in [0, 0.05) is 18.9 Å². The predicted octanol–water partition coefficient (Wildman–Crippen LogP) is 0.544. The molecule has 1 saturated carbocycles. The van der Waals surface area contributed by atoms with Gasteiger partial charge in [-0.05, 0) is 19.3 Å². The van der Waals surface area contributed by atoms with Crippen LogP contribution in [0.5, 0.6) is 0 Å². The number of hydrogen-bond acceptors (Lipinski definition) is 2. The summed E-state index contributed by atoms with van der Waals surface area (Å²) in [5.41, 5.74) is 0. The van der Waals surface area contributed by atoms with Crippen LogP contribution in [0.1, 0.15) is 26.2 Å². The largest absolute Gasteiger partial charge is 0.279 e. The van der Waals surface area contributed by atoms with Crippen molar-refractivity contribution in [1.29, 1.82) is 0 Å². The van der Waals surface area contributed by atoms with Gasteiger partial charge in [0.25, 0.3) is 0 Å². The maximum atomic E-state index is 11.3. The van der Waals surface area contributed by atoms with E-state index in [1.54, 1.807) is 0 Å². The summed E-state index contributed by atoms with van der Waals surface area (Å²) in [4.78, 5) is 23.7. The number of carbonyl (C=O) groups excluding carboxylic acids is 2. The summed E-state index contributed by atoms with van der Waals surface area (Å²) in [6.07, 6.45) is 2.93. The SMILES string of the molecule is CC(=O)N1C(=O)[C@@H]2CC[C@H]1C2. The van der Waals surface area contributed by atoms with Crippen molar-refractivity contribution >= 4 is 11.8 Å². The summed E-state index contributed by atoms with van der Waals surface area (Å²) >= 11 is 0. The molecule has 0 N–H and O–H groups in total. The number of carbonyl (C=O) groups is 2. The Labute approximate surface area is 65.4 Å². The number of hydrogen-bond donors (Lipinski definition) is 0. The molecule has 2 atom stereocenters. The molecule has 3 heteroatoms. The summed E-state index contributed by atoms with van der Waals surface area (Å²) in [5, 5.41) is 0. The second kappa shape index (κ2) is 2.06. The van der Waals surface area contributed by atoms with Crippen molar-refractivity contribution in [3.63, 3.8) is 0 Å². The maximum Gasteiger partial charge on any atom is 0.232 e. The van der Waals surface area contributed by atoms with Crippen LogP contribution in [-0.4, -0.2) is 22.8 Å². The zero-order valence-electron chi connectivity index (χ0n) is 6.54.